The van der Waals surface area contributed by atoms with Crippen LogP contribution >= 0.6 is 0 Å². The highest BCUT2D eigenvalue weighted by molar-refractivity contribution is 6.35. The van der Waals surface area contributed by atoms with Crippen LogP contribution in [0.5, 0.6) is 5.75 Å². The average molecular weight is 420 g/mol. The molecule has 1 aliphatic rings. The zero-order valence-corrected chi connectivity index (χ0v) is 16.2. The third kappa shape index (κ3) is 5.93. The Balaban J connectivity index is 1.77. The van der Waals surface area contributed by atoms with E-state index in [1.165, 1.54) is 4.90 Å². The van der Waals surface area contributed by atoms with Gasteiger partial charge in [-0.2, -0.15) is 0 Å². The molecule has 1 heterocycles. The average Bonchev–Trinajstić information content (AvgIpc) is 2.69. The zero-order valence-electron chi connectivity index (χ0n) is 16.2. The summed E-state index contributed by atoms with van der Waals surface area (Å²) in [6.07, 6.45) is 0.425. The number of amidine groups is 1. The first-order chi connectivity index (χ1) is 14.2. The normalized spacial score (nSPS) is 15.1. The molecule has 0 radical (unpaired) electrons. The Morgan fingerprint density at radius 3 is 2.33 bits per heavy atom. The highest BCUT2D eigenvalue weighted by atomic mass is 16.5. The maximum Gasteiger partial charge on any atom is 0.327 e. The van der Waals surface area contributed by atoms with Gasteiger partial charge in [-0.25, -0.2) is 4.79 Å². The van der Waals surface area contributed by atoms with Crippen LogP contribution in [0, 0.1) is 5.41 Å². The molecule has 1 atom stereocenters. The van der Waals surface area contributed by atoms with E-state index in [0.29, 0.717) is 37.3 Å². The van der Waals surface area contributed by atoms with Gasteiger partial charge in [-0.15, -0.1) is 0 Å². The minimum Gasteiger partial charge on any atom is -0.494 e. The number of nitrogens with zero attached hydrogens (tertiary/aromatic N) is 2. The fraction of sp³-hybridized carbons (Fsp3) is 0.421. The van der Waals surface area contributed by atoms with Crippen molar-refractivity contribution in [1.82, 2.24) is 9.80 Å². The number of amides is 2. The molecule has 11 heteroatoms. The van der Waals surface area contributed by atoms with E-state index in [1.807, 2.05) is 0 Å². The van der Waals surface area contributed by atoms with Crippen molar-refractivity contribution in [3.05, 3.63) is 29.8 Å². The van der Waals surface area contributed by atoms with Crippen LogP contribution in [0.1, 0.15) is 24.8 Å². The summed E-state index contributed by atoms with van der Waals surface area (Å²) in [7, 11) is 0. The van der Waals surface area contributed by atoms with Gasteiger partial charge in [0.05, 0.1) is 13.0 Å². The molecule has 2 rings (SSSR count). The summed E-state index contributed by atoms with van der Waals surface area (Å²) in [5.74, 6) is -4.06. The Morgan fingerprint density at radius 1 is 1.10 bits per heavy atom. The number of carbonyl (C=O) groups excluding carboxylic acids is 2. The van der Waals surface area contributed by atoms with Crippen molar-refractivity contribution in [2.45, 2.75) is 25.3 Å². The van der Waals surface area contributed by atoms with Crippen LogP contribution in [0.25, 0.3) is 0 Å². The Bertz CT molecular complexity index is 825. The van der Waals surface area contributed by atoms with E-state index in [4.69, 9.17) is 26.1 Å². The molecule has 1 fully saturated rings. The smallest absolute Gasteiger partial charge is 0.327 e. The first-order valence-corrected chi connectivity index (χ1v) is 9.32. The van der Waals surface area contributed by atoms with Crippen molar-refractivity contribution in [2.75, 3.05) is 26.2 Å². The second-order valence-electron chi connectivity index (χ2n) is 6.74. The third-order valence-corrected chi connectivity index (χ3v) is 4.63. The van der Waals surface area contributed by atoms with Gasteiger partial charge >= 0.3 is 23.8 Å². The number of benzene rings is 1. The van der Waals surface area contributed by atoms with Gasteiger partial charge in [0.2, 0.25) is 0 Å². The number of hydrogen-bond donors (Lipinski definition) is 4. The number of hydrogen-bond acceptors (Lipinski definition) is 6. The Hall–Kier alpha value is -3.63. The summed E-state index contributed by atoms with van der Waals surface area (Å²) in [6.45, 7) is 0.804. The van der Waals surface area contributed by atoms with E-state index < -0.39 is 36.2 Å². The van der Waals surface area contributed by atoms with Crippen LogP contribution in [0.3, 0.4) is 0 Å². The van der Waals surface area contributed by atoms with Crippen molar-refractivity contribution < 1.29 is 34.1 Å². The largest absolute Gasteiger partial charge is 0.494 e. The lowest BCUT2D eigenvalue weighted by atomic mass is 10.1. The van der Waals surface area contributed by atoms with E-state index in [0.717, 1.165) is 4.90 Å². The van der Waals surface area contributed by atoms with Gasteiger partial charge in [-0.05, 0) is 37.1 Å². The minimum absolute atomic E-state index is 0.0292. The SMILES string of the molecule is N=C(N)c1ccc(OCCCCN2CCN(C(CC(=O)O)C(=O)O)C(=O)C2=O)cc1. The number of rotatable bonds is 11. The molecule has 30 heavy (non-hydrogen) atoms. The molecule has 0 bridgehead atoms. The number of carbonyl (C=O) groups is 4. The molecule has 162 valence electrons. The Morgan fingerprint density at radius 2 is 1.77 bits per heavy atom. The van der Waals surface area contributed by atoms with Crippen molar-refractivity contribution >= 4 is 29.6 Å². The summed E-state index contributed by atoms with van der Waals surface area (Å²) >= 11 is 0. The van der Waals surface area contributed by atoms with Crippen LogP contribution in [-0.2, 0) is 19.2 Å². The molecule has 1 aromatic rings. The first kappa shape index (κ1) is 22.7. The van der Waals surface area contributed by atoms with Crippen LogP contribution in [0.4, 0.5) is 0 Å². The maximum atomic E-state index is 12.3. The number of nitrogen functional groups attached to an aromatic ring is 1. The quantitative estimate of drug-likeness (QED) is 0.164. The van der Waals surface area contributed by atoms with E-state index >= 15 is 0 Å². The summed E-state index contributed by atoms with van der Waals surface area (Å²) in [6, 6.07) is 5.19. The van der Waals surface area contributed by atoms with E-state index in [-0.39, 0.29) is 18.9 Å². The lowest BCUT2D eigenvalue weighted by Crippen LogP contribution is -2.59. The lowest BCUT2D eigenvalue weighted by molar-refractivity contribution is -0.164. The van der Waals surface area contributed by atoms with Crippen molar-refractivity contribution in [3.63, 3.8) is 0 Å². The third-order valence-electron chi connectivity index (χ3n) is 4.63. The van der Waals surface area contributed by atoms with Crippen LogP contribution in [0.15, 0.2) is 24.3 Å². The summed E-state index contributed by atoms with van der Waals surface area (Å²) in [4.78, 5) is 48.7. The number of carboxylic acids is 2. The lowest BCUT2D eigenvalue weighted by Gasteiger charge is -2.36. The highest BCUT2D eigenvalue weighted by Gasteiger charge is 2.39. The zero-order chi connectivity index (χ0) is 22.3. The molecule has 5 N–H and O–H groups in total. The van der Waals surface area contributed by atoms with Gasteiger partial charge in [-0.1, -0.05) is 0 Å². The predicted molar refractivity (Wildman–Crippen MR) is 104 cm³/mol. The molecule has 11 nitrogen and oxygen atoms in total. The molecule has 1 saturated heterocycles. The topological polar surface area (TPSA) is 174 Å². The number of aliphatic carboxylic acids is 2. The van der Waals surface area contributed by atoms with Gasteiger partial charge in [0.15, 0.2) is 0 Å². The Labute approximate surface area is 172 Å². The standard InChI is InChI=1S/C19H24N4O7/c20-16(21)12-3-5-13(6-4-12)30-10-2-1-7-22-8-9-23(18(27)17(22)26)14(19(28)29)11-15(24)25/h3-6,14H,1-2,7-11H2,(H3,20,21)(H,24,25)(H,28,29). The minimum atomic E-state index is -1.57. The van der Waals surface area contributed by atoms with E-state index in [1.54, 1.807) is 24.3 Å². The Kier molecular flexibility index (Phi) is 7.73. The highest BCUT2D eigenvalue weighted by Crippen LogP contribution is 2.15. The molecule has 1 aromatic carbocycles. The molecule has 2 amide bonds. The van der Waals surface area contributed by atoms with E-state index in [2.05, 4.69) is 0 Å². The summed E-state index contributed by atoms with van der Waals surface area (Å²) in [5.41, 5.74) is 5.98. The van der Waals surface area contributed by atoms with Crippen LogP contribution in [0.2, 0.25) is 0 Å². The second-order valence-corrected chi connectivity index (χ2v) is 6.74. The molecule has 0 aromatic heterocycles. The predicted octanol–water partition coefficient (Wildman–Crippen LogP) is -0.272. The molecular weight excluding hydrogens is 396 g/mol. The van der Waals surface area contributed by atoms with Gasteiger partial charge in [0.25, 0.3) is 0 Å². The molecule has 0 saturated carbocycles. The fourth-order valence-corrected chi connectivity index (χ4v) is 3.02. The molecule has 1 unspecified atom stereocenters. The molecule has 0 aliphatic carbocycles. The van der Waals surface area contributed by atoms with Gasteiger partial charge < -0.3 is 30.5 Å². The summed E-state index contributed by atoms with van der Waals surface area (Å²) < 4.78 is 5.58. The first-order valence-electron chi connectivity index (χ1n) is 9.32. The van der Waals surface area contributed by atoms with E-state index in [9.17, 15) is 19.2 Å². The van der Waals surface area contributed by atoms with Crippen LogP contribution < -0.4 is 10.5 Å². The maximum absolute atomic E-state index is 12.3. The fourth-order valence-electron chi connectivity index (χ4n) is 3.02. The number of ether oxygens (including phenoxy) is 1. The number of unbranched alkanes of at least 4 members (excludes halogenated alkanes) is 1. The molecular formula is C19H24N4O7. The number of piperazine rings is 1. The van der Waals surface area contributed by atoms with Crippen molar-refractivity contribution in [3.8, 4) is 5.75 Å². The molecule has 0 spiro atoms. The number of nitrogens with two attached hydrogens (primary N) is 1. The number of nitrogens with one attached hydrogen (secondary N) is 1. The van der Waals surface area contributed by atoms with Crippen molar-refractivity contribution in [1.29, 1.82) is 5.41 Å². The molecule has 1 aliphatic heterocycles. The second kappa shape index (κ2) is 10.2. The van der Waals surface area contributed by atoms with Crippen LogP contribution in [-0.4, -0.2) is 81.9 Å². The van der Waals surface area contributed by atoms with Gasteiger partial charge in [0.1, 0.15) is 17.6 Å². The monoisotopic (exact) mass is 420 g/mol. The van der Waals surface area contributed by atoms with Gasteiger partial charge in [0, 0.05) is 25.2 Å². The summed E-state index contributed by atoms with van der Waals surface area (Å²) in [5, 5.41) is 25.3. The number of carboxylic acid groups (broad SMARTS) is 2. The van der Waals surface area contributed by atoms with Crippen molar-refractivity contribution in [2.24, 2.45) is 5.73 Å². The van der Waals surface area contributed by atoms with Gasteiger partial charge in [-0.3, -0.25) is 19.8 Å².